The molecule has 0 aromatic rings. The minimum Gasteiger partial charge on any atom is -0.161 e. The third-order valence-corrected chi connectivity index (χ3v) is 6.57. The van der Waals surface area contributed by atoms with Crippen LogP contribution >= 0.6 is 0 Å². The molecule has 0 amide bonds. The van der Waals surface area contributed by atoms with E-state index in [0.717, 1.165) is 0 Å². The van der Waals surface area contributed by atoms with Crippen LogP contribution in [-0.2, 0) is 26.2 Å². The van der Waals surface area contributed by atoms with Crippen LogP contribution in [0.3, 0.4) is 0 Å². The van der Waals surface area contributed by atoms with E-state index >= 15 is 0 Å². The summed E-state index contributed by atoms with van der Waals surface area (Å²) in [4.78, 5) is 0. The van der Waals surface area contributed by atoms with Crippen LogP contribution in [0.5, 0.6) is 0 Å². The van der Waals surface area contributed by atoms with E-state index in [1.807, 2.05) is 0 Å². The molecule has 118 valence electrons. The van der Waals surface area contributed by atoms with Gasteiger partial charge in [0.15, 0.2) is 0 Å². The molecule has 0 atom stereocenters. The van der Waals surface area contributed by atoms with Crippen LogP contribution in [-0.4, -0.2) is 0 Å². The maximum absolute atomic E-state index is 2.49. The molecule has 0 saturated heterocycles. The normalized spacial score (nSPS) is 23.5. The summed E-state index contributed by atoms with van der Waals surface area (Å²) in [6, 6.07) is 0. The molecule has 0 radical (unpaired) electrons. The first-order valence-electron chi connectivity index (χ1n) is 8.08. The van der Waals surface area contributed by atoms with Crippen molar-refractivity contribution in [2.45, 2.75) is 69.2 Å². The standard InChI is InChI=1S/C21H31.Zr/c1-12-14(3)18(20(7,8)16(12)5)11-19-15(4)13(2)17(6)21(19,9)10;/h11H,1-10H3;/q-1;+2. The molecule has 2 aliphatic carbocycles. The number of rotatable bonds is 2. The molecule has 2 aliphatic rings. The van der Waals surface area contributed by atoms with E-state index in [1.54, 1.807) is 0 Å². The number of hydrogen-bond acceptors (Lipinski definition) is 0. The van der Waals surface area contributed by atoms with Gasteiger partial charge in [0, 0.05) is 0 Å². The molecule has 1 heteroatoms. The Morgan fingerprint density at radius 1 is 0.545 bits per heavy atom. The molecule has 0 saturated carbocycles. The summed E-state index contributed by atoms with van der Waals surface area (Å²) in [7, 11) is 0. The van der Waals surface area contributed by atoms with Crippen LogP contribution < -0.4 is 0 Å². The van der Waals surface area contributed by atoms with Crippen LogP contribution in [0.2, 0.25) is 0 Å². The SMILES string of the molecule is CC1=C(C)C(C)(C)C([CH-]C2=C(C)C(C)=C(C)C2(C)C)=C1C.[Zr+2]. The minimum atomic E-state index is 0. The Labute approximate surface area is 157 Å². The molecule has 0 spiro atoms. The van der Waals surface area contributed by atoms with Gasteiger partial charge in [0.1, 0.15) is 0 Å². The predicted molar refractivity (Wildman–Crippen MR) is 94.0 cm³/mol. The topological polar surface area (TPSA) is 0 Å². The summed E-state index contributed by atoms with van der Waals surface area (Å²) in [5, 5.41) is 0. The zero-order valence-corrected chi connectivity index (χ0v) is 18.5. The summed E-state index contributed by atoms with van der Waals surface area (Å²) in [5.41, 5.74) is 12.2. The van der Waals surface area contributed by atoms with Gasteiger partial charge in [-0.2, -0.15) is 6.42 Å². The summed E-state index contributed by atoms with van der Waals surface area (Å²) >= 11 is 0. The Hall–Kier alpha value is -0.287. The average molecular weight is 375 g/mol. The van der Waals surface area contributed by atoms with E-state index in [-0.39, 0.29) is 37.0 Å². The van der Waals surface area contributed by atoms with E-state index in [0.29, 0.717) is 0 Å². The average Bonchev–Trinajstić information content (AvgIpc) is 2.63. The summed E-state index contributed by atoms with van der Waals surface area (Å²) in [6.07, 6.45) is 2.49. The maximum Gasteiger partial charge on any atom is 2.00 e. The van der Waals surface area contributed by atoms with E-state index in [2.05, 4.69) is 75.7 Å². The van der Waals surface area contributed by atoms with Crippen molar-refractivity contribution >= 4 is 0 Å². The molecule has 0 aliphatic heterocycles. The third kappa shape index (κ3) is 2.58. The van der Waals surface area contributed by atoms with Crippen LogP contribution in [0.1, 0.15) is 69.2 Å². The Morgan fingerprint density at radius 2 is 0.818 bits per heavy atom. The molecule has 0 bridgehead atoms. The molecular formula is C21H31Zr+. The second kappa shape index (κ2) is 5.97. The zero-order chi connectivity index (χ0) is 16.3. The first-order chi connectivity index (χ1) is 9.44. The van der Waals surface area contributed by atoms with Crippen molar-refractivity contribution in [3.05, 3.63) is 51.0 Å². The van der Waals surface area contributed by atoms with Crippen LogP contribution in [0, 0.1) is 17.3 Å². The quantitative estimate of drug-likeness (QED) is 0.479. The molecule has 2 rings (SSSR count). The molecular weight excluding hydrogens is 343 g/mol. The van der Waals surface area contributed by atoms with E-state index in [9.17, 15) is 0 Å². The maximum atomic E-state index is 2.49. The van der Waals surface area contributed by atoms with Gasteiger partial charge in [-0.3, -0.25) is 0 Å². The number of hydrogen-bond donors (Lipinski definition) is 0. The van der Waals surface area contributed by atoms with Crippen molar-refractivity contribution in [3.8, 4) is 0 Å². The molecule has 0 N–H and O–H groups in total. The third-order valence-electron chi connectivity index (χ3n) is 6.57. The Kier molecular flexibility index (Phi) is 5.36. The molecule has 0 aromatic carbocycles. The minimum absolute atomic E-state index is 0. The van der Waals surface area contributed by atoms with Crippen LogP contribution in [0.15, 0.2) is 44.6 Å². The van der Waals surface area contributed by atoms with Crippen molar-refractivity contribution in [3.63, 3.8) is 0 Å². The van der Waals surface area contributed by atoms with Gasteiger partial charge in [0.05, 0.1) is 0 Å². The van der Waals surface area contributed by atoms with Crippen molar-refractivity contribution in [1.29, 1.82) is 0 Å². The van der Waals surface area contributed by atoms with Gasteiger partial charge in [-0.1, -0.05) is 66.5 Å². The fourth-order valence-electron chi connectivity index (χ4n) is 3.97. The summed E-state index contributed by atoms with van der Waals surface area (Å²) in [6.45, 7) is 23.1. The Morgan fingerprint density at radius 3 is 1.00 bits per heavy atom. The second-order valence-corrected chi connectivity index (χ2v) is 7.97. The predicted octanol–water partition coefficient (Wildman–Crippen LogP) is 6.57. The van der Waals surface area contributed by atoms with Gasteiger partial charge in [-0.05, 0) is 24.7 Å². The monoisotopic (exact) mass is 373 g/mol. The fraction of sp³-hybridized carbons (Fsp3) is 0.571. The molecule has 22 heavy (non-hydrogen) atoms. The van der Waals surface area contributed by atoms with E-state index in [1.165, 1.54) is 44.6 Å². The first-order valence-corrected chi connectivity index (χ1v) is 8.08. The van der Waals surface area contributed by atoms with Gasteiger partial charge in [-0.25, -0.2) is 0 Å². The van der Waals surface area contributed by atoms with Gasteiger partial charge >= 0.3 is 26.2 Å². The first kappa shape index (κ1) is 19.8. The summed E-state index contributed by atoms with van der Waals surface area (Å²) < 4.78 is 0. The largest absolute Gasteiger partial charge is 2.00 e. The van der Waals surface area contributed by atoms with Crippen molar-refractivity contribution < 1.29 is 26.2 Å². The molecule has 0 aromatic heterocycles. The zero-order valence-electron chi connectivity index (χ0n) is 16.1. The molecule has 0 heterocycles. The molecule has 0 unspecified atom stereocenters. The Balaban J connectivity index is 0.00000242. The van der Waals surface area contributed by atoms with E-state index in [4.69, 9.17) is 0 Å². The van der Waals surface area contributed by atoms with Crippen molar-refractivity contribution in [2.75, 3.05) is 0 Å². The molecule has 0 fully saturated rings. The van der Waals surface area contributed by atoms with Gasteiger partial charge in [-0.15, -0.1) is 33.4 Å². The van der Waals surface area contributed by atoms with Gasteiger partial charge in [0.2, 0.25) is 0 Å². The van der Waals surface area contributed by atoms with Crippen molar-refractivity contribution in [2.24, 2.45) is 10.8 Å². The van der Waals surface area contributed by atoms with Crippen LogP contribution in [0.4, 0.5) is 0 Å². The van der Waals surface area contributed by atoms with Gasteiger partial charge < -0.3 is 0 Å². The van der Waals surface area contributed by atoms with Crippen molar-refractivity contribution in [1.82, 2.24) is 0 Å². The second-order valence-electron chi connectivity index (χ2n) is 7.97. The van der Waals surface area contributed by atoms with E-state index < -0.39 is 0 Å². The smallest absolute Gasteiger partial charge is 0.161 e. The fourth-order valence-corrected chi connectivity index (χ4v) is 3.97. The molecule has 0 nitrogen and oxygen atoms in total. The summed E-state index contributed by atoms with van der Waals surface area (Å²) in [5.74, 6) is 0. The van der Waals surface area contributed by atoms with Crippen LogP contribution in [0.25, 0.3) is 0 Å². The van der Waals surface area contributed by atoms with Gasteiger partial charge in [0.25, 0.3) is 0 Å². The Bertz CT molecular complexity index is 575. The number of allylic oxidation sites excluding steroid dienone is 8.